The highest BCUT2D eigenvalue weighted by Crippen LogP contribution is 2.26. The molecule has 2 nitrogen and oxygen atoms in total. The topological polar surface area (TPSA) is 21.3 Å². The second-order valence-electron chi connectivity index (χ2n) is 5.08. The highest BCUT2D eigenvalue weighted by molar-refractivity contribution is 5.26. The summed E-state index contributed by atoms with van der Waals surface area (Å²) in [6.45, 7) is 2.88. The van der Waals surface area contributed by atoms with Crippen LogP contribution in [0.1, 0.15) is 42.9 Å². The zero-order valence-electron chi connectivity index (χ0n) is 11.2. The Morgan fingerprint density at radius 3 is 3.00 bits per heavy atom. The average molecular weight is 251 g/mol. The molecule has 1 aliphatic rings. The van der Waals surface area contributed by atoms with E-state index in [2.05, 4.69) is 5.32 Å². The number of halogens is 1. The van der Waals surface area contributed by atoms with Gasteiger partial charge in [0.1, 0.15) is 5.82 Å². The molecule has 1 fully saturated rings. The van der Waals surface area contributed by atoms with Gasteiger partial charge in [0.15, 0.2) is 0 Å². The van der Waals surface area contributed by atoms with Crippen LogP contribution < -0.4 is 5.32 Å². The molecule has 100 valence electrons. The van der Waals surface area contributed by atoms with Gasteiger partial charge in [-0.05, 0) is 45.7 Å². The summed E-state index contributed by atoms with van der Waals surface area (Å²) < 4.78 is 19.5. The van der Waals surface area contributed by atoms with Crippen molar-refractivity contribution in [2.75, 3.05) is 13.7 Å². The Kier molecular flexibility index (Phi) is 4.72. The van der Waals surface area contributed by atoms with Crippen LogP contribution in [-0.2, 0) is 4.74 Å². The minimum Gasteiger partial charge on any atom is -0.378 e. The molecule has 1 N–H and O–H groups in total. The molecular formula is C15H22FNO. The first-order valence-corrected chi connectivity index (χ1v) is 6.75. The average Bonchev–Trinajstić information content (AvgIpc) is 2.87. The molecule has 0 aromatic heterocycles. The van der Waals surface area contributed by atoms with Crippen LogP contribution >= 0.6 is 0 Å². The minimum absolute atomic E-state index is 0.0779. The largest absolute Gasteiger partial charge is 0.378 e. The molecule has 1 heterocycles. The summed E-state index contributed by atoms with van der Waals surface area (Å²) in [5.74, 6) is -0.118. The maximum Gasteiger partial charge on any atom is 0.127 e. The quantitative estimate of drug-likeness (QED) is 0.866. The molecule has 3 heteroatoms. The van der Waals surface area contributed by atoms with Crippen LogP contribution in [0.2, 0.25) is 0 Å². The van der Waals surface area contributed by atoms with Crippen LogP contribution in [0.5, 0.6) is 0 Å². The molecular weight excluding hydrogens is 229 g/mol. The summed E-state index contributed by atoms with van der Waals surface area (Å²) in [5, 5.41) is 3.21. The monoisotopic (exact) mass is 251 g/mol. The molecule has 1 aliphatic heterocycles. The van der Waals surface area contributed by atoms with Gasteiger partial charge in [0, 0.05) is 18.2 Å². The van der Waals surface area contributed by atoms with Crippen LogP contribution in [0, 0.1) is 12.7 Å². The number of aryl methyl sites for hydroxylation is 1. The molecule has 2 unspecified atom stereocenters. The molecule has 2 atom stereocenters. The molecule has 0 amide bonds. The maximum absolute atomic E-state index is 13.8. The molecule has 1 saturated heterocycles. The number of ether oxygens (including phenoxy) is 1. The lowest BCUT2D eigenvalue weighted by Gasteiger charge is -2.19. The third-order valence-electron chi connectivity index (χ3n) is 3.68. The Morgan fingerprint density at radius 1 is 1.50 bits per heavy atom. The van der Waals surface area contributed by atoms with Crippen LogP contribution in [0.25, 0.3) is 0 Å². The van der Waals surface area contributed by atoms with Crippen LogP contribution in [-0.4, -0.2) is 19.8 Å². The van der Waals surface area contributed by atoms with E-state index in [1.54, 1.807) is 6.07 Å². The Morgan fingerprint density at radius 2 is 2.33 bits per heavy atom. The fourth-order valence-corrected chi connectivity index (χ4v) is 2.61. The maximum atomic E-state index is 13.8. The van der Waals surface area contributed by atoms with E-state index in [1.807, 2.05) is 26.1 Å². The van der Waals surface area contributed by atoms with E-state index in [4.69, 9.17) is 4.74 Å². The van der Waals surface area contributed by atoms with Crippen molar-refractivity contribution in [1.82, 2.24) is 5.32 Å². The van der Waals surface area contributed by atoms with Crippen molar-refractivity contribution in [3.63, 3.8) is 0 Å². The Hall–Kier alpha value is -0.930. The van der Waals surface area contributed by atoms with Gasteiger partial charge in [0.25, 0.3) is 0 Å². The van der Waals surface area contributed by atoms with E-state index < -0.39 is 0 Å². The molecule has 0 aliphatic carbocycles. The summed E-state index contributed by atoms with van der Waals surface area (Å²) in [6, 6.07) is 5.38. The van der Waals surface area contributed by atoms with E-state index in [0.717, 1.165) is 43.4 Å². The second-order valence-corrected chi connectivity index (χ2v) is 5.08. The van der Waals surface area contributed by atoms with Gasteiger partial charge >= 0.3 is 0 Å². The fraction of sp³-hybridized carbons (Fsp3) is 0.600. The van der Waals surface area contributed by atoms with E-state index in [0.29, 0.717) is 6.10 Å². The number of hydrogen-bond donors (Lipinski definition) is 1. The summed E-state index contributed by atoms with van der Waals surface area (Å²) in [4.78, 5) is 0. The highest BCUT2D eigenvalue weighted by atomic mass is 19.1. The Labute approximate surface area is 109 Å². The van der Waals surface area contributed by atoms with Crippen molar-refractivity contribution < 1.29 is 9.13 Å². The van der Waals surface area contributed by atoms with Crippen LogP contribution in [0.15, 0.2) is 18.2 Å². The van der Waals surface area contributed by atoms with Crippen molar-refractivity contribution in [3.05, 3.63) is 35.1 Å². The first kappa shape index (κ1) is 13.5. The molecule has 0 spiro atoms. The number of hydrogen-bond acceptors (Lipinski definition) is 2. The number of rotatable bonds is 5. The lowest BCUT2D eigenvalue weighted by molar-refractivity contribution is 0.0997. The Bertz CT molecular complexity index is 388. The van der Waals surface area contributed by atoms with E-state index in [-0.39, 0.29) is 11.9 Å². The van der Waals surface area contributed by atoms with Crippen LogP contribution in [0.3, 0.4) is 0 Å². The minimum atomic E-state index is -0.118. The van der Waals surface area contributed by atoms with Gasteiger partial charge in [-0.25, -0.2) is 4.39 Å². The van der Waals surface area contributed by atoms with Gasteiger partial charge in [-0.2, -0.15) is 0 Å². The molecule has 0 bridgehead atoms. The smallest absolute Gasteiger partial charge is 0.127 e. The molecule has 2 rings (SSSR count). The highest BCUT2D eigenvalue weighted by Gasteiger charge is 2.19. The van der Waals surface area contributed by atoms with Crippen molar-refractivity contribution in [3.8, 4) is 0 Å². The van der Waals surface area contributed by atoms with Gasteiger partial charge in [-0.1, -0.05) is 17.7 Å². The summed E-state index contributed by atoms with van der Waals surface area (Å²) in [7, 11) is 1.89. The third kappa shape index (κ3) is 3.30. The molecule has 0 saturated carbocycles. The zero-order valence-corrected chi connectivity index (χ0v) is 11.2. The zero-order chi connectivity index (χ0) is 13.0. The first-order valence-electron chi connectivity index (χ1n) is 6.75. The third-order valence-corrected chi connectivity index (χ3v) is 3.68. The normalized spacial score (nSPS) is 21.2. The lowest BCUT2D eigenvalue weighted by Crippen LogP contribution is -2.20. The molecule has 1 aromatic rings. The van der Waals surface area contributed by atoms with E-state index >= 15 is 0 Å². The van der Waals surface area contributed by atoms with Gasteiger partial charge in [0.2, 0.25) is 0 Å². The van der Waals surface area contributed by atoms with Crippen molar-refractivity contribution in [2.45, 2.75) is 44.8 Å². The van der Waals surface area contributed by atoms with Crippen LogP contribution in [0.4, 0.5) is 4.39 Å². The predicted molar refractivity (Wildman–Crippen MR) is 71.1 cm³/mol. The summed E-state index contributed by atoms with van der Waals surface area (Å²) in [6.07, 6.45) is 4.59. The van der Waals surface area contributed by atoms with Gasteiger partial charge in [-0.15, -0.1) is 0 Å². The number of nitrogens with one attached hydrogen (secondary N) is 1. The predicted octanol–water partition coefficient (Wildman–Crippen LogP) is 3.35. The molecule has 0 radical (unpaired) electrons. The Balaban J connectivity index is 2.00. The standard InChI is InChI=1S/C15H22FNO/c1-11-5-7-14(16)13(10-11)15(17-2)8-6-12-4-3-9-18-12/h5,7,10,12,15,17H,3-4,6,8-9H2,1-2H3. The molecule has 1 aromatic carbocycles. The lowest BCUT2D eigenvalue weighted by atomic mass is 9.97. The van der Waals surface area contributed by atoms with Crippen molar-refractivity contribution >= 4 is 0 Å². The fourth-order valence-electron chi connectivity index (χ4n) is 2.61. The summed E-state index contributed by atoms with van der Waals surface area (Å²) >= 11 is 0. The number of benzene rings is 1. The van der Waals surface area contributed by atoms with E-state index in [9.17, 15) is 4.39 Å². The molecule has 18 heavy (non-hydrogen) atoms. The van der Waals surface area contributed by atoms with Gasteiger partial charge in [-0.3, -0.25) is 0 Å². The van der Waals surface area contributed by atoms with E-state index in [1.165, 1.54) is 0 Å². The van der Waals surface area contributed by atoms with Crippen molar-refractivity contribution in [2.24, 2.45) is 0 Å². The van der Waals surface area contributed by atoms with Gasteiger partial charge < -0.3 is 10.1 Å². The SMILES string of the molecule is CNC(CCC1CCCO1)c1cc(C)ccc1F. The van der Waals surface area contributed by atoms with Crippen molar-refractivity contribution in [1.29, 1.82) is 0 Å². The van der Waals surface area contributed by atoms with Gasteiger partial charge in [0.05, 0.1) is 6.10 Å². The first-order chi connectivity index (χ1) is 8.70. The summed E-state index contributed by atoms with van der Waals surface area (Å²) in [5.41, 5.74) is 1.87. The second kappa shape index (κ2) is 6.30.